The van der Waals surface area contributed by atoms with E-state index in [1.54, 1.807) is 0 Å². The molecule has 0 spiro atoms. The van der Waals surface area contributed by atoms with Crippen LogP contribution in [0, 0.1) is 13.8 Å². The quantitative estimate of drug-likeness (QED) is 0.794. The van der Waals surface area contributed by atoms with Crippen molar-refractivity contribution in [3.05, 3.63) is 34.9 Å². The fourth-order valence-electron chi connectivity index (χ4n) is 2.21. The smallest absolute Gasteiger partial charge is 0.0518 e. The molecule has 1 rings (SSSR count). The van der Waals surface area contributed by atoms with E-state index in [-0.39, 0.29) is 12.0 Å². The van der Waals surface area contributed by atoms with Crippen LogP contribution in [-0.4, -0.2) is 17.8 Å². The number of aliphatic hydroxyl groups excluding tert-OH is 1. The molecular formula is C13H21NO. The largest absolute Gasteiger partial charge is 0.393 e. The first-order valence-corrected chi connectivity index (χ1v) is 5.50. The Hall–Kier alpha value is -0.860. The summed E-state index contributed by atoms with van der Waals surface area (Å²) in [7, 11) is 0. The summed E-state index contributed by atoms with van der Waals surface area (Å²) in [4.78, 5) is 0. The van der Waals surface area contributed by atoms with Gasteiger partial charge in [-0.2, -0.15) is 0 Å². The second-order valence-corrected chi connectivity index (χ2v) is 4.32. The van der Waals surface area contributed by atoms with Gasteiger partial charge in [-0.15, -0.1) is 0 Å². The van der Waals surface area contributed by atoms with Gasteiger partial charge in [0, 0.05) is 0 Å². The van der Waals surface area contributed by atoms with Crippen LogP contribution >= 0.6 is 0 Å². The van der Waals surface area contributed by atoms with Gasteiger partial charge in [0.05, 0.1) is 6.10 Å². The van der Waals surface area contributed by atoms with Gasteiger partial charge in [0.2, 0.25) is 0 Å². The van der Waals surface area contributed by atoms with E-state index in [2.05, 4.69) is 32.0 Å². The molecule has 0 aromatic heterocycles. The van der Waals surface area contributed by atoms with Crippen molar-refractivity contribution in [2.75, 3.05) is 6.54 Å². The number of hydrogen-bond acceptors (Lipinski definition) is 2. The zero-order valence-electron chi connectivity index (χ0n) is 9.83. The van der Waals surface area contributed by atoms with E-state index in [0.717, 1.165) is 6.42 Å². The van der Waals surface area contributed by atoms with Gasteiger partial charge in [-0.1, -0.05) is 18.2 Å². The van der Waals surface area contributed by atoms with Crippen LogP contribution in [0.2, 0.25) is 0 Å². The Labute approximate surface area is 92.1 Å². The Morgan fingerprint density at radius 2 is 1.80 bits per heavy atom. The monoisotopic (exact) mass is 207 g/mol. The molecule has 2 nitrogen and oxygen atoms in total. The maximum absolute atomic E-state index is 9.44. The first kappa shape index (κ1) is 12.2. The molecule has 0 amide bonds. The number of aryl methyl sites for hydroxylation is 2. The first-order chi connectivity index (χ1) is 7.06. The van der Waals surface area contributed by atoms with E-state index in [9.17, 15) is 5.11 Å². The minimum Gasteiger partial charge on any atom is -0.393 e. The van der Waals surface area contributed by atoms with Gasteiger partial charge < -0.3 is 10.8 Å². The Balaban J connectivity index is 3.00. The van der Waals surface area contributed by atoms with Crippen LogP contribution in [0.5, 0.6) is 0 Å². The van der Waals surface area contributed by atoms with Crippen molar-refractivity contribution in [2.24, 2.45) is 5.73 Å². The molecule has 2 atom stereocenters. The highest BCUT2D eigenvalue weighted by atomic mass is 16.3. The van der Waals surface area contributed by atoms with E-state index in [0.29, 0.717) is 6.54 Å². The van der Waals surface area contributed by atoms with E-state index in [4.69, 9.17) is 5.73 Å². The van der Waals surface area contributed by atoms with E-state index in [1.165, 1.54) is 16.7 Å². The van der Waals surface area contributed by atoms with Crippen molar-refractivity contribution in [2.45, 2.75) is 39.2 Å². The van der Waals surface area contributed by atoms with Crippen molar-refractivity contribution in [3.63, 3.8) is 0 Å². The van der Waals surface area contributed by atoms with Crippen LogP contribution in [-0.2, 0) is 0 Å². The van der Waals surface area contributed by atoms with Crippen LogP contribution in [0.1, 0.15) is 36.0 Å². The lowest BCUT2D eigenvalue weighted by Crippen LogP contribution is -2.19. The highest BCUT2D eigenvalue weighted by Crippen LogP contribution is 2.26. The molecule has 0 radical (unpaired) electrons. The number of rotatable bonds is 4. The van der Waals surface area contributed by atoms with Crippen LogP contribution < -0.4 is 5.73 Å². The van der Waals surface area contributed by atoms with Gasteiger partial charge in [-0.25, -0.2) is 0 Å². The van der Waals surface area contributed by atoms with E-state index >= 15 is 0 Å². The molecule has 3 N–H and O–H groups in total. The molecule has 0 saturated carbocycles. The summed E-state index contributed by atoms with van der Waals surface area (Å²) < 4.78 is 0. The van der Waals surface area contributed by atoms with Gasteiger partial charge in [0.15, 0.2) is 0 Å². The summed E-state index contributed by atoms with van der Waals surface area (Å²) in [5, 5.41) is 9.44. The standard InChI is InChI=1S/C13H21NO/c1-9-5-4-6-10(2)13(9)12(8-14)7-11(3)15/h4-6,11-12,15H,7-8,14H2,1-3H3. The van der Waals surface area contributed by atoms with Crippen molar-refractivity contribution in [3.8, 4) is 0 Å². The summed E-state index contributed by atoms with van der Waals surface area (Å²) in [6, 6.07) is 6.27. The van der Waals surface area contributed by atoms with Crippen LogP contribution in [0.4, 0.5) is 0 Å². The number of benzene rings is 1. The SMILES string of the molecule is Cc1cccc(C)c1C(CN)CC(C)O. The lowest BCUT2D eigenvalue weighted by atomic mass is 9.87. The molecule has 0 fully saturated rings. The van der Waals surface area contributed by atoms with Gasteiger partial charge in [0.25, 0.3) is 0 Å². The lowest BCUT2D eigenvalue weighted by Gasteiger charge is -2.21. The Morgan fingerprint density at radius 3 is 2.20 bits per heavy atom. The maximum Gasteiger partial charge on any atom is 0.0518 e. The molecule has 1 aromatic rings. The van der Waals surface area contributed by atoms with Gasteiger partial charge in [0.1, 0.15) is 0 Å². The highest BCUT2D eigenvalue weighted by molar-refractivity contribution is 5.36. The summed E-state index contributed by atoms with van der Waals surface area (Å²) in [6.45, 7) is 6.62. The van der Waals surface area contributed by atoms with Crippen molar-refractivity contribution in [1.82, 2.24) is 0 Å². The Morgan fingerprint density at radius 1 is 1.27 bits per heavy atom. The second-order valence-electron chi connectivity index (χ2n) is 4.32. The average molecular weight is 207 g/mol. The molecular weight excluding hydrogens is 186 g/mol. The number of aliphatic hydroxyl groups is 1. The van der Waals surface area contributed by atoms with Gasteiger partial charge in [-0.3, -0.25) is 0 Å². The van der Waals surface area contributed by atoms with E-state index in [1.807, 2.05) is 6.92 Å². The molecule has 0 bridgehead atoms. The fourth-order valence-corrected chi connectivity index (χ4v) is 2.21. The van der Waals surface area contributed by atoms with Crippen molar-refractivity contribution in [1.29, 1.82) is 0 Å². The molecule has 0 aliphatic carbocycles. The number of nitrogens with two attached hydrogens (primary N) is 1. The molecule has 15 heavy (non-hydrogen) atoms. The summed E-state index contributed by atoms with van der Waals surface area (Å²) in [6.07, 6.45) is 0.444. The summed E-state index contributed by atoms with van der Waals surface area (Å²) in [5.74, 6) is 0.270. The van der Waals surface area contributed by atoms with Crippen molar-refractivity contribution < 1.29 is 5.11 Å². The van der Waals surface area contributed by atoms with Gasteiger partial charge in [-0.05, 0) is 56.3 Å². The second kappa shape index (κ2) is 5.29. The molecule has 0 saturated heterocycles. The minimum atomic E-state index is -0.294. The Bertz CT molecular complexity index is 300. The predicted molar refractivity (Wildman–Crippen MR) is 64.0 cm³/mol. The van der Waals surface area contributed by atoms with Gasteiger partial charge >= 0.3 is 0 Å². The third kappa shape index (κ3) is 3.05. The average Bonchev–Trinajstić information content (AvgIpc) is 2.15. The fraction of sp³-hybridized carbons (Fsp3) is 0.538. The molecule has 0 aliphatic rings. The maximum atomic E-state index is 9.44. The Kier molecular flexibility index (Phi) is 4.30. The normalized spacial score (nSPS) is 15.0. The molecule has 2 unspecified atom stereocenters. The third-order valence-corrected chi connectivity index (χ3v) is 2.86. The van der Waals surface area contributed by atoms with Crippen LogP contribution in [0.15, 0.2) is 18.2 Å². The van der Waals surface area contributed by atoms with Crippen LogP contribution in [0.3, 0.4) is 0 Å². The molecule has 0 aliphatic heterocycles. The van der Waals surface area contributed by atoms with Crippen LogP contribution in [0.25, 0.3) is 0 Å². The molecule has 2 heteroatoms. The summed E-state index contributed by atoms with van der Waals surface area (Å²) in [5.41, 5.74) is 9.63. The van der Waals surface area contributed by atoms with Crippen molar-refractivity contribution >= 4 is 0 Å². The predicted octanol–water partition coefficient (Wildman–Crippen LogP) is 2.12. The zero-order valence-corrected chi connectivity index (χ0v) is 9.83. The topological polar surface area (TPSA) is 46.2 Å². The zero-order chi connectivity index (χ0) is 11.4. The molecule has 0 heterocycles. The minimum absolute atomic E-state index is 0.270. The lowest BCUT2D eigenvalue weighted by molar-refractivity contribution is 0.175. The summed E-state index contributed by atoms with van der Waals surface area (Å²) >= 11 is 0. The number of hydrogen-bond donors (Lipinski definition) is 2. The third-order valence-electron chi connectivity index (χ3n) is 2.86. The molecule has 1 aromatic carbocycles. The first-order valence-electron chi connectivity index (χ1n) is 5.50. The molecule has 84 valence electrons. The van der Waals surface area contributed by atoms with E-state index < -0.39 is 0 Å². The highest BCUT2D eigenvalue weighted by Gasteiger charge is 2.16.